The van der Waals surface area contributed by atoms with Gasteiger partial charge in [0.1, 0.15) is 5.56 Å². The highest BCUT2D eigenvalue weighted by atomic mass is 16.6. The molecule has 0 unspecified atom stereocenters. The van der Waals surface area contributed by atoms with Crippen LogP contribution in [0.15, 0.2) is 18.2 Å². The molecule has 7 heteroatoms. The largest absolute Gasteiger partial charge is 0.317 e. The van der Waals surface area contributed by atoms with E-state index in [0.29, 0.717) is 6.67 Å². The van der Waals surface area contributed by atoms with Crippen molar-refractivity contribution in [3.8, 4) is 0 Å². The number of piperidine rings is 1. The van der Waals surface area contributed by atoms with Gasteiger partial charge in [-0.2, -0.15) is 0 Å². The maximum atomic E-state index is 12.4. The summed E-state index contributed by atoms with van der Waals surface area (Å²) in [5.41, 5.74) is -0.212. The van der Waals surface area contributed by atoms with Gasteiger partial charge in [-0.05, 0) is 25.3 Å². The van der Waals surface area contributed by atoms with Crippen molar-refractivity contribution in [3.05, 3.63) is 39.4 Å². The molecule has 1 aromatic rings. The number of likely N-dealkylation sites (tertiary alicyclic amines) is 1. The highest BCUT2D eigenvalue weighted by Crippen LogP contribution is 2.30. The van der Waals surface area contributed by atoms with Crippen LogP contribution in [-0.4, -0.2) is 41.4 Å². The second kappa shape index (κ2) is 5.25. The molecule has 2 heterocycles. The van der Waals surface area contributed by atoms with Crippen LogP contribution in [0.2, 0.25) is 0 Å². The average molecular weight is 290 g/mol. The van der Waals surface area contributed by atoms with E-state index in [-0.39, 0.29) is 16.8 Å². The minimum atomic E-state index is -0.610. The molecular formula is C14H16N3O4+. The number of rotatable bonds is 3. The van der Waals surface area contributed by atoms with E-state index in [1.807, 2.05) is 0 Å². The number of nitro groups is 1. The van der Waals surface area contributed by atoms with Crippen molar-refractivity contribution in [1.82, 2.24) is 4.90 Å². The standard InChI is InChI=1S/C14H15N3O4/c18-13-10-5-4-6-11(17(20)21)12(10)14(19)16(13)9-15-7-2-1-3-8-15/h4-6H,1-3,7-9H2/p+1. The molecular weight excluding hydrogens is 274 g/mol. The van der Waals surface area contributed by atoms with E-state index in [1.165, 1.54) is 29.5 Å². The monoisotopic (exact) mass is 290 g/mol. The predicted molar refractivity (Wildman–Crippen MR) is 73.0 cm³/mol. The van der Waals surface area contributed by atoms with Crippen LogP contribution < -0.4 is 4.90 Å². The molecule has 1 fully saturated rings. The van der Waals surface area contributed by atoms with E-state index < -0.39 is 16.7 Å². The summed E-state index contributed by atoms with van der Waals surface area (Å²) >= 11 is 0. The molecule has 0 saturated carbocycles. The van der Waals surface area contributed by atoms with Gasteiger partial charge in [-0.15, -0.1) is 0 Å². The van der Waals surface area contributed by atoms with Gasteiger partial charge in [0.2, 0.25) is 0 Å². The van der Waals surface area contributed by atoms with E-state index >= 15 is 0 Å². The summed E-state index contributed by atoms with van der Waals surface area (Å²) in [5, 5.41) is 11.0. The molecule has 0 radical (unpaired) electrons. The minimum absolute atomic E-state index is 0.0658. The lowest BCUT2D eigenvalue weighted by atomic mass is 10.1. The molecule has 1 aromatic carbocycles. The highest BCUT2D eigenvalue weighted by molar-refractivity contribution is 6.23. The molecule has 1 N–H and O–H groups in total. The Balaban J connectivity index is 1.89. The molecule has 0 bridgehead atoms. The maximum absolute atomic E-state index is 12.4. The summed E-state index contributed by atoms with van der Waals surface area (Å²) in [6.07, 6.45) is 3.34. The first-order chi connectivity index (χ1) is 10.1. The SMILES string of the molecule is O=C1c2cccc([N+](=O)[O-])c2C(=O)N1C[NH+]1CCCCC1. The Morgan fingerprint density at radius 1 is 1.14 bits per heavy atom. The van der Waals surface area contributed by atoms with Crippen LogP contribution in [0.1, 0.15) is 40.0 Å². The molecule has 0 aliphatic carbocycles. The fourth-order valence-corrected chi connectivity index (χ4v) is 3.04. The molecule has 2 aliphatic rings. The number of hydrogen-bond acceptors (Lipinski definition) is 4. The van der Waals surface area contributed by atoms with Crippen LogP contribution >= 0.6 is 0 Å². The Kier molecular flexibility index (Phi) is 3.42. The van der Waals surface area contributed by atoms with E-state index in [4.69, 9.17) is 0 Å². The van der Waals surface area contributed by atoms with Crippen molar-refractivity contribution in [2.75, 3.05) is 19.8 Å². The lowest BCUT2D eigenvalue weighted by Crippen LogP contribution is -3.14. The van der Waals surface area contributed by atoms with Crippen molar-refractivity contribution in [3.63, 3.8) is 0 Å². The number of quaternary nitrogens is 1. The van der Waals surface area contributed by atoms with Crippen LogP contribution in [0.3, 0.4) is 0 Å². The maximum Gasteiger partial charge on any atom is 0.282 e. The summed E-state index contributed by atoms with van der Waals surface area (Å²) in [7, 11) is 0. The second-order valence-electron chi connectivity index (χ2n) is 5.46. The number of carbonyl (C=O) groups excluding carboxylic acids is 2. The number of benzene rings is 1. The molecule has 2 amide bonds. The van der Waals surface area contributed by atoms with E-state index in [9.17, 15) is 19.7 Å². The lowest BCUT2D eigenvalue weighted by Gasteiger charge is -2.26. The molecule has 110 valence electrons. The predicted octanol–water partition coefficient (Wildman–Crippen LogP) is 0.217. The van der Waals surface area contributed by atoms with Crippen LogP contribution in [0.25, 0.3) is 0 Å². The summed E-state index contributed by atoms with van der Waals surface area (Å²) < 4.78 is 0. The molecule has 1 saturated heterocycles. The smallest absolute Gasteiger partial charge is 0.282 e. The van der Waals surface area contributed by atoms with Gasteiger partial charge in [-0.25, -0.2) is 4.90 Å². The minimum Gasteiger partial charge on any atom is -0.317 e. The van der Waals surface area contributed by atoms with Crippen molar-refractivity contribution in [2.45, 2.75) is 19.3 Å². The molecule has 0 aromatic heterocycles. The zero-order chi connectivity index (χ0) is 15.0. The van der Waals surface area contributed by atoms with E-state index in [2.05, 4.69) is 0 Å². The Bertz CT molecular complexity index is 623. The van der Waals surface area contributed by atoms with Crippen LogP contribution in [0.5, 0.6) is 0 Å². The third kappa shape index (κ3) is 2.29. The molecule has 21 heavy (non-hydrogen) atoms. The second-order valence-corrected chi connectivity index (χ2v) is 5.46. The third-order valence-corrected chi connectivity index (χ3v) is 4.12. The van der Waals surface area contributed by atoms with E-state index in [0.717, 1.165) is 30.8 Å². The van der Waals surface area contributed by atoms with Crippen molar-refractivity contribution >= 4 is 17.5 Å². The van der Waals surface area contributed by atoms with Crippen LogP contribution in [0, 0.1) is 10.1 Å². The number of imide groups is 1. The van der Waals surface area contributed by atoms with Crippen LogP contribution in [-0.2, 0) is 0 Å². The first-order valence-corrected chi connectivity index (χ1v) is 7.07. The molecule has 0 atom stereocenters. The Morgan fingerprint density at radius 2 is 1.86 bits per heavy atom. The number of nitrogens with zero attached hydrogens (tertiary/aromatic N) is 2. The van der Waals surface area contributed by atoms with Gasteiger partial charge in [0.05, 0.1) is 23.6 Å². The Morgan fingerprint density at radius 3 is 2.52 bits per heavy atom. The zero-order valence-electron chi connectivity index (χ0n) is 11.5. The number of fused-ring (bicyclic) bond motifs is 1. The average Bonchev–Trinajstić information content (AvgIpc) is 2.73. The van der Waals surface area contributed by atoms with Crippen LogP contribution in [0.4, 0.5) is 5.69 Å². The van der Waals surface area contributed by atoms with Gasteiger partial charge < -0.3 is 4.90 Å². The van der Waals surface area contributed by atoms with Crippen molar-refractivity contribution in [1.29, 1.82) is 0 Å². The Hall–Kier alpha value is -2.28. The highest BCUT2D eigenvalue weighted by Gasteiger charge is 2.42. The summed E-state index contributed by atoms with van der Waals surface area (Å²) in [6.45, 7) is 2.15. The quantitative estimate of drug-likeness (QED) is 0.490. The summed E-state index contributed by atoms with van der Waals surface area (Å²) in [5.74, 6) is -0.961. The fourth-order valence-electron chi connectivity index (χ4n) is 3.04. The van der Waals surface area contributed by atoms with Crippen molar-refractivity contribution < 1.29 is 19.4 Å². The Labute approximate surface area is 121 Å². The summed E-state index contributed by atoms with van der Waals surface area (Å²) in [6, 6.07) is 4.19. The van der Waals surface area contributed by atoms with Gasteiger partial charge in [-0.1, -0.05) is 6.07 Å². The lowest BCUT2D eigenvalue weighted by molar-refractivity contribution is -0.912. The molecule has 2 aliphatic heterocycles. The van der Waals surface area contributed by atoms with E-state index in [1.54, 1.807) is 0 Å². The van der Waals surface area contributed by atoms with Gasteiger partial charge in [0.25, 0.3) is 17.5 Å². The number of amides is 2. The number of nitro benzene ring substituents is 1. The van der Waals surface area contributed by atoms with Gasteiger partial charge >= 0.3 is 0 Å². The van der Waals surface area contributed by atoms with Gasteiger partial charge in [0, 0.05) is 6.07 Å². The topological polar surface area (TPSA) is 85.0 Å². The van der Waals surface area contributed by atoms with Gasteiger partial charge in [-0.3, -0.25) is 19.7 Å². The fraction of sp³-hybridized carbons (Fsp3) is 0.429. The number of nitrogens with one attached hydrogen (secondary N) is 1. The van der Waals surface area contributed by atoms with Gasteiger partial charge in [0.15, 0.2) is 6.67 Å². The first-order valence-electron chi connectivity index (χ1n) is 7.07. The molecule has 7 nitrogen and oxygen atoms in total. The van der Waals surface area contributed by atoms with Crippen molar-refractivity contribution in [2.24, 2.45) is 0 Å². The molecule has 3 rings (SSSR count). The third-order valence-electron chi connectivity index (χ3n) is 4.12. The zero-order valence-corrected chi connectivity index (χ0v) is 11.5. The normalized spacial score (nSPS) is 19.0. The number of hydrogen-bond donors (Lipinski definition) is 1. The molecule has 0 spiro atoms. The summed E-state index contributed by atoms with van der Waals surface area (Å²) in [4.78, 5) is 37.5. The first kappa shape index (κ1) is 13.7. The number of carbonyl (C=O) groups is 2.